The molecule has 1 amide bonds. The summed E-state index contributed by atoms with van der Waals surface area (Å²) in [7, 11) is 0. The summed E-state index contributed by atoms with van der Waals surface area (Å²) in [4.78, 5) is 12.4. The third kappa shape index (κ3) is 4.80. The Morgan fingerprint density at radius 3 is 2.90 bits per heavy atom. The minimum atomic E-state index is -0.0294. The Kier molecular flexibility index (Phi) is 6.16. The fourth-order valence-electron chi connectivity index (χ4n) is 2.38. The lowest BCUT2D eigenvalue weighted by Gasteiger charge is -2.21. The maximum absolute atomic E-state index is 12.4. The normalized spacial score (nSPS) is 15.1. The molecule has 3 N–H and O–H groups in total. The molecule has 112 valence electrons. The fourth-order valence-corrected chi connectivity index (χ4v) is 3.59. The predicted octanol–water partition coefficient (Wildman–Crippen LogP) is 2.18. The number of hydrogen-bond donors (Lipinski definition) is 2. The van der Waals surface area contributed by atoms with E-state index in [4.69, 9.17) is 5.73 Å². The van der Waals surface area contributed by atoms with E-state index in [2.05, 4.69) is 17.2 Å². The highest BCUT2D eigenvalue weighted by Gasteiger charge is 2.16. The third-order valence-corrected chi connectivity index (χ3v) is 4.69. The van der Waals surface area contributed by atoms with E-state index in [1.165, 1.54) is 24.3 Å². The molecule has 0 spiro atoms. The van der Waals surface area contributed by atoms with Gasteiger partial charge in [0, 0.05) is 12.1 Å². The molecule has 1 fully saturated rings. The van der Waals surface area contributed by atoms with Gasteiger partial charge >= 0.3 is 0 Å². The van der Waals surface area contributed by atoms with Gasteiger partial charge in [0.2, 0.25) is 0 Å². The number of nitrogens with two attached hydrogens (primary N) is 1. The van der Waals surface area contributed by atoms with Crippen molar-refractivity contribution in [1.82, 2.24) is 5.32 Å². The van der Waals surface area contributed by atoms with Crippen molar-refractivity contribution in [2.24, 2.45) is 11.7 Å². The first kappa shape index (κ1) is 15.9. The molecule has 21 heavy (non-hydrogen) atoms. The lowest BCUT2D eigenvalue weighted by molar-refractivity contribution is 0.0946. The van der Waals surface area contributed by atoms with Crippen molar-refractivity contribution in [2.75, 3.05) is 24.6 Å². The van der Waals surface area contributed by atoms with Crippen LogP contribution in [0.15, 0.2) is 18.2 Å². The zero-order chi connectivity index (χ0) is 15.1. The van der Waals surface area contributed by atoms with E-state index in [1.807, 2.05) is 36.9 Å². The minimum absolute atomic E-state index is 0.0294. The fraction of sp³-hybridized carbons (Fsp3) is 0.471. The first-order valence-electron chi connectivity index (χ1n) is 7.36. The Morgan fingerprint density at radius 2 is 2.19 bits per heavy atom. The Balaban J connectivity index is 2.04. The Morgan fingerprint density at radius 1 is 1.43 bits per heavy atom. The van der Waals surface area contributed by atoms with Gasteiger partial charge in [-0.15, -0.1) is 0 Å². The Labute approximate surface area is 131 Å². The number of thioether (sulfide) groups is 1. The van der Waals surface area contributed by atoms with Crippen molar-refractivity contribution in [3.05, 3.63) is 34.9 Å². The first-order chi connectivity index (χ1) is 10.2. The van der Waals surface area contributed by atoms with Crippen molar-refractivity contribution in [3.63, 3.8) is 0 Å². The molecule has 0 aliphatic carbocycles. The summed E-state index contributed by atoms with van der Waals surface area (Å²) in [5, 5.41) is 3.07. The van der Waals surface area contributed by atoms with E-state index < -0.39 is 0 Å². The number of hydrogen-bond acceptors (Lipinski definition) is 3. The van der Waals surface area contributed by atoms with Crippen LogP contribution in [0.3, 0.4) is 0 Å². The molecule has 1 aliphatic heterocycles. The van der Waals surface area contributed by atoms with Gasteiger partial charge in [-0.05, 0) is 49.3 Å². The third-order valence-electron chi connectivity index (χ3n) is 3.64. The lowest BCUT2D eigenvalue weighted by Crippen LogP contribution is -2.31. The number of nitrogens with one attached hydrogen (secondary N) is 1. The summed E-state index contributed by atoms with van der Waals surface area (Å²) < 4.78 is 0. The van der Waals surface area contributed by atoms with Crippen LogP contribution in [-0.4, -0.2) is 30.5 Å². The van der Waals surface area contributed by atoms with Crippen LogP contribution in [0.4, 0.5) is 0 Å². The minimum Gasteiger partial charge on any atom is -0.352 e. The predicted molar refractivity (Wildman–Crippen MR) is 89.5 cm³/mol. The van der Waals surface area contributed by atoms with Gasteiger partial charge in [0.25, 0.3) is 5.91 Å². The molecule has 1 aromatic rings. The number of benzene rings is 1. The Bertz CT molecular complexity index is 554. The summed E-state index contributed by atoms with van der Waals surface area (Å²) in [5.74, 6) is 8.79. The van der Waals surface area contributed by atoms with Crippen LogP contribution in [0.25, 0.3) is 0 Å². The zero-order valence-electron chi connectivity index (χ0n) is 12.4. The topological polar surface area (TPSA) is 55.1 Å². The largest absolute Gasteiger partial charge is 0.352 e. The maximum Gasteiger partial charge on any atom is 0.252 e. The van der Waals surface area contributed by atoms with Gasteiger partial charge in [-0.1, -0.05) is 23.5 Å². The molecule has 2 rings (SSSR count). The van der Waals surface area contributed by atoms with E-state index in [0.29, 0.717) is 18.0 Å². The summed E-state index contributed by atoms with van der Waals surface area (Å²) in [6.45, 7) is 3.04. The Hall–Kier alpha value is -1.44. The second-order valence-electron chi connectivity index (χ2n) is 5.32. The molecule has 0 saturated carbocycles. The van der Waals surface area contributed by atoms with Gasteiger partial charge in [0.15, 0.2) is 0 Å². The number of rotatable bonds is 3. The summed E-state index contributed by atoms with van der Waals surface area (Å²) >= 11 is 2.00. The van der Waals surface area contributed by atoms with Crippen LogP contribution < -0.4 is 11.1 Å². The SMILES string of the molecule is Cc1ccc(C#CCN)c(C(=O)NCC2CCSCC2)c1. The van der Waals surface area contributed by atoms with Gasteiger partial charge in [-0.25, -0.2) is 0 Å². The summed E-state index contributed by atoms with van der Waals surface area (Å²) in [6, 6.07) is 5.76. The molecule has 0 atom stereocenters. The van der Waals surface area contributed by atoms with Crippen molar-refractivity contribution in [2.45, 2.75) is 19.8 Å². The van der Waals surface area contributed by atoms with Crippen LogP contribution in [0.2, 0.25) is 0 Å². The number of aryl methyl sites for hydroxylation is 1. The van der Waals surface area contributed by atoms with Crippen molar-refractivity contribution >= 4 is 17.7 Å². The van der Waals surface area contributed by atoms with Crippen LogP contribution in [0.1, 0.15) is 34.3 Å². The quantitative estimate of drug-likeness (QED) is 0.842. The maximum atomic E-state index is 12.4. The van der Waals surface area contributed by atoms with Crippen molar-refractivity contribution in [3.8, 4) is 11.8 Å². The van der Waals surface area contributed by atoms with Gasteiger partial charge in [0.05, 0.1) is 12.1 Å². The summed E-state index contributed by atoms with van der Waals surface area (Å²) in [5.41, 5.74) is 7.88. The molecule has 3 nitrogen and oxygen atoms in total. The van der Waals surface area contributed by atoms with Crippen LogP contribution in [0, 0.1) is 24.7 Å². The van der Waals surface area contributed by atoms with E-state index in [9.17, 15) is 4.79 Å². The molecule has 1 aromatic carbocycles. The number of amides is 1. The number of carbonyl (C=O) groups excluding carboxylic acids is 1. The van der Waals surface area contributed by atoms with E-state index in [0.717, 1.165) is 17.7 Å². The van der Waals surface area contributed by atoms with E-state index >= 15 is 0 Å². The highest BCUT2D eigenvalue weighted by molar-refractivity contribution is 7.99. The van der Waals surface area contributed by atoms with Crippen LogP contribution in [-0.2, 0) is 0 Å². The standard InChI is InChI=1S/C17H22N2OS/c1-13-4-5-15(3-2-8-18)16(11-13)17(20)19-12-14-6-9-21-10-7-14/h4-5,11,14H,6-10,12,18H2,1H3,(H,19,20). The van der Waals surface area contributed by atoms with Crippen LogP contribution in [0.5, 0.6) is 0 Å². The monoisotopic (exact) mass is 302 g/mol. The molecule has 1 aliphatic rings. The van der Waals surface area contributed by atoms with Gasteiger partial charge in [-0.3, -0.25) is 4.79 Å². The second kappa shape index (κ2) is 8.11. The van der Waals surface area contributed by atoms with E-state index in [-0.39, 0.29) is 5.91 Å². The van der Waals surface area contributed by atoms with Gasteiger partial charge in [-0.2, -0.15) is 11.8 Å². The van der Waals surface area contributed by atoms with E-state index in [1.54, 1.807) is 0 Å². The summed E-state index contributed by atoms with van der Waals surface area (Å²) in [6.07, 6.45) is 2.39. The second-order valence-corrected chi connectivity index (χ2v) is 6.55. The smallest absolute Gasteiger partial charge is 0.252 e. The average molecular weight is 302 g/mol. The molecule has 4 heteroatoms. The molecular formula is C17H22N2OS. The van der Waals surface area contributed by atoms with Crippen molar-refractivity contribution < 1.29 is 4.79 Å². The molecule has 0 radical (unpaired) electrons. The average Bonchev–Trinajstić information content (AvgIpc) is 2.52. The molecule has 0 bridgehead atoms. The highest BCUT2D eigenvalue weighted by Crippen LogP contribution is 2.22. The van der Waals surface area contributed by atoms with Gasteiger partial charge < -0.3 is 11.1 Å². The van der Waals surface area contributed by atoms with Gasteiger partial charge in [0.1, 0.15) is 0 Å². The lowest BCUT2D eigenvalue weighted by atomic mass is 10.0. The molecule has 0 unspecified atom stereocenters. The zero-order valence-corrected chi connectivity index (χ0v) is 13.3. The molecular weight excluding hydrogens is 280 g/mol. The van der Waals surface area contributed by atoms with Crippen LogP contribution >= 0.6 is 11.8 Å². The highest BCUT2D eigenvalue weighted by atomic mass is 32.2. The molecule has 0 aromatic heterocycles. The van der Waals surface area contributed by atoms with Crippen molar-refractivity contribution in [1.29, 1.82) is 0 Å². The molecule has 1 heterocycles. The molecule has 1 saturated heterocycles. The number of carbonyl (C=O) groups is 1. The first-order valence-corrected chi connectivity index (χ1v) is 8.51.